The van der Waals surface area contributed by atoms with Gasteiger partial charge in [0.15, 0.2) is 23.6 Å². The van der Waals surface area contributed by atoms with Crippen molar-refractivity contribution in [1.82, 2.24) is 0 Å². The van der Waals surface area contributed by atoms with E-state index < -0.39 is 85.7 Å². The van der Waals surface area contributed by atoms with E-state index >= 15 is 0 Å². The van der Waals surface area contributed by atoms with Crippen molar-refractivity contribution in [3.63, 3.8) is 0 Å². The van der Waals surface area contributed by atoms with Gasteiger partial charge in [-0.05, 0) is 24.6 Å². The molecule has 2 fully saturated rings. The first kappa shape index (κ1) is 31.2. The lowest BCUT2D eigenvalue weighted by Gasteiger charge is -2.42. The summed E-state index contributed by atoms with van der Waals surface area (Å²) in [5.41, 5.74) is 0.373. The van der Waals surface area contributed by atoms with Crippen LogP contribution in [0.15, 0.2) is 30.3 Å². The molecule has 0 aromatic heterocycles. The number of benzene rings is 2. The largest absolute Gasteiger partial charge is 0.507 e. The quantitative estimate of drug-likeness (QED) is 0.185. The highest BCUT2D eigenvalue weighted by Crippen LogP contribution is 2.43. The molecular weight excluding hydrogens is 576 g/mol. The fourth-order valence-corrected chi connectivity index (χ4v) is 5.20. The van der Waals surface area contributed by atoms with Gasteiger partial charge in [0.05, 0.1) is 26.2 Å². The molecule has 8 N–H and O–H groups in total. The van der Waals surface area contributed by atoms with Crippen LogP contribution >= 0.6 is 0 Å². The van der Waals surface area contributed by atoms with Crippen LogP contribution < -0.4 is 14.2 Å². The molecular formula is C28H34O15. The SMILES string of the molecule is COc1ccc([C@@H]2CC(=O)c3c(O)cc(O[C@H]4O[C@H](CO[C@H]5O[C@@H](C)[C@H](O)[C@@H](O)[C@H]5O)[C@@H](O)[C@H](O)[C@H]4O)cc3O2)cc1O. The van der Waals surface area contributed by atoms with Crippen molar-refractivity contribution in [1.29, 1.82) is 0 Å². The Labute approximate surface area is 245 Å². The number of hydrogen-bond acceptors (Lipinski definition) is 15. The number of carbonyl (C=O) groups excluding carboxylic acids is 1. The minimum Gasteiger partial charge on any atom is -0.507 e. The predicted molar refractivity (Wildman–Crippen MR) is 141 cm³/mol. The summed E-state index contributed by atoms with van der Waals surface area (Å²) in [6.07, 6.45) is -15.9. The van der Waals surface area contributed by atoms with Crippen molar-refractivity contribution in [2.45, 2.75) is 80.9 Å². The Bertz CT molecular complexity index is 1320. The second kappa shape index (κ2) is 12.4. The van der Waals surface area contributed by atoms with Crippen LogP contribution in [0.4, 0.5) is 0 Å². The third kappa shape index (κ3) is 6.08. The highest BCUT2D eigenvalue weighted by atomic mass is 16.7. The van der Waals surface area contributed by atoms with Gasteiger partial charge < -0.3 is 69.3 Å². The standard InChI is InChI=1S/C28H34O15/c1-10-21(32)23(34)25(36)27(40-10)39-9-19-22(33)24(35)26(37)28(43-19)41-12-6-14(30)20-15(31)8-17(42-18(20)7-12)11-3-4-16(38-2)13(29)5-11/h3-7,10,17,19,21-30,32-37H,8-9H2,1-2H3/t10-,17-,19+,21-,22+,23+,24-,25+,26+,27-,28-/m0/s1. The molecule has 0 bridgehead atoms. The maximum absolute atomic E-state index is 12.9. The fraction of sp³-hybridized carbons (Fsp3) is 0.536. The first-order chi connectivity index (χ1) is 20.4. The summed E-state index contributed by atoms with van der Waals surface area (Å²) in [7, 11) is 1.39. The van der Waals surface area contributed by atoms with E-state index in [1.54, 1.807) is 6.07 Å². The number of phenols is 2. The maximum atomic E-state index is 12.9. The second-order valence-electron chi connectivity index (χ2n) is 10.6. The molecule has 15 heteroatoms. The van der Waals surface area contributed by atoms with Crippen molar-refractivity contribution in [2.24, 2.45) is 0 Å². The monoisotopic (exact) mass is 610 g/mol. The zero-order valence-corrected chi connectivity index (χ0v) is 23.1. The Morgan fingerprint density at radius 3 is 2.23 bits per heavy atom. The molecule has 15 nitrogen and oxygen atoms in total. The average Bonchev–Trinajstić information content (AvgIpc) is 2.97. The van der Waals surface area contributed by atoms with E-state index in [0.717, 1.165) is 6.07 Å². The van der Waals surface area contributed by atoms with Crippen LogP contribution in [-0.4, -0.2) is 122 Å². The summed E-state index contributed by atoms with van der Waals surface area (Å²) in [6, 6.07) is 6.90. The van der Waals surface area contributed by atoms with E-state index in [1.165, 1.54) is 32.2 Å². The second-order valence-corrected chi connectivity index (χ2v) is 10.6. The fourth-order valence-electron chi connectivity index (χ4n) is 5.20. The number of hydrogen-bond donors (Lipinski definition) is 8. The Morgan fingerprint density at radius 2 is 1.53 bits per heavy atom. The highest BCUT2D eigenvalue weighted by Gasteiger charge is 2.47. The molecule has 0 unspecified atom stereocenters. The van der Waals surface area contributed by atoms with Crippen molar-refractivity contribution in [3.8, 4) is 28.7 Å². The van der Waals surface area contributed by atoms with Gasteiger partial charge in [0.2, 0.25) is 6.29 Å². The average molecular weight is 611 g/mol. The molecule has 0 aliphatic carbocycles. The molecule has 236 valence electrons. The summed E-state index contributed by atoms with van der Waals surface area (Å²) in [5.74, 6) is -0.999. The zero-order valence-electron chi connectivity index (χ0n) is 23.1. The van der Waals surface area contributed by atoms with Crippen LogP contribution in [0, 0.1) is 0 Å². The van der Waals surface area contributed by atoms with Gasteiger partial charge in [0.25, 0.3) is 0 Å². The van der Waals surface area contributed by atoms with Crippen LogP contribution in [0.5, 0.6) is 28.7 Å². The van der Waals surface area contributed by atoms with Gasteiger partial charge in [-0.15, -0.1) is 0 Å². The first-order valence-corrected chi connectivity index (χ1v) is 13.5. The highest BCUT2D eigenvalue weighted by molar-refractivity contribution is 6.02. The summed E-state index contributed by atoms with van der Waals surface area (Å²) in [5, 5.41) is 82.2. The number of Topliss-reactive ketones (excluding diaryl/α,β-unsaturated/α-hetero) is 1. The Hall–Kier alpha value is -3.25. The molecule has 2 aromatic carbocycles. The molecule has 3 heterocycles. The molecule has 2 saturated heterocycles. The molecule has 0 saturated carbocycles. The van der Waals surface area contributed by atoms with Crippen molar-refractivity contribution < 1.29 is 74.1 Å². The molecule has 11 atom stereocenters. The van der Waals surface area contributed by atoms with Crippen LogP contribution in [0.2, 0.25) is 0 Å². The summed E-state index contributed by atoms with van der Waals surface area (Å²) >= 11 is 0. The predicted octanol–water partition coefficient (Wildman–Crippen LogP) is -1.16. The third-order valence-electron chi connectivity index (χ3n) is 7.70. The number of ketones is 1. The minimum atomic E-state index is -1.77. The van der Waals surface area contributed by atoms with E-state index in [9.17, 15) is 45.6 Å². The third-order valence-corrected chi connectivity index (χ3v) is 7.70. The number of aromatic hydroxyl groups is 2. The van der Waals surface area contributed by atoms with Gasteiger partial charge in [-0.2, -0.15) is 0 Å². The zero-order chi connectivity index (χ0) is 31.2. The van der Waals surface area contributed by atoms with Crippen LogP contribution in [0.3, 0.4) is 0 Å². The van der Waals surface area contributed by atoms with E-state index in [0.29, 0.717) is 5.56 Å². The lowest BCUT2D eigenvalue weighted by atomic mass is 9.95. The summed E-state index contributed by atoms with van der Waals surface area (Å²) in [6.45, 7) is 0.964. The molecule has 2 aromatic rings. The van der Waals surface area contributed by atoms with Gasteiger partial charge >= 0.3 is 0 Å². The van der Waals surface area contributed by atoms with E-state index in [4.69, 9.17) is 28.4 Å². The minimum absolute atomic E-state index is 0.0457. The van der Waals surface area contributed by atoms with Crippen molar-refractivity contribution >= 4 is 5.78 Å². The summed E-state index contributed by atoms with van der Waals surface area (Å²) < 4.78 is 33.1. The number of methoxy groups -OCH3 is 1. The van der Waals surface area contributed by atoms with E-state index in [1.807, 2.05) is 0 Å². The number of ether oxygens (including phenoxy) is 6. The van der Waals surface area contributed by atoms with Gasteiger partial charge in [-0.1, -0.05) is 6.07 Å². The number of aliphatic hydroxyl groups excluding tert-OH is 6. The van der Waals surface area contributed by atoms with Gasteiger partial charge in [0.1, 0.15) is 71.6 Å². The molecule has 5 rings (SSSR count). The van der Waals surface area contributed by atoms with Gasteiger partial charge in [0, 0.05) is 12.1 Å². The van der Waals surface area contributed by atoms with Crippen LogP contribution in [0.25, 0.3) is 0 Å². The number of aliphatic hydroxyl groups is 6. The normalized spacial score (nSPS) is 36.0. The van der Waals surface area contributed by atoms with Crippen LogP contribution in [0.1, 0.15) is 35.4 Å². The van der Waals surface area contributed by atoms with E-state index in [2.05, 4.69) is 0 Å². The first-order valence-electron chi connectivity index (χ1n) is 13.5. The molecule has 43 heavy (non-hydrogen) atoms. The van der Waals surface area contributed by atoms with Gasteiger partial charge in [-0.3, -0.25) is 4.79 Å². The Balaban J connectivity index is 1.30. The lowest BCUT2D eigenvalue weighted by molar-refractivity contribution is -0.318. The number of phenolic OH excluding ortho intramolecular Hbond substituents is 2. The smallest absolute Gasteiger partial charge is 0.229 e. The van der Waals surface area contributed by atoms with E-state index in [-0.39, 0.29) is 35.0 Å². The summed E-state index contributed by atoms with van der Waals surface area (Å²) in [4.78, 5) is 12.9. The Kier molecular flexibility index (Phi) is 8.99. The molecule has 0 amide bonds. The van der Waals surface area contributed by atoms with Crippen molar-refractivity contribution in [2.75, 3.05) is 13.7 Å². The molecule has 3 aliphatic rings. The Morgan fingerprint density at radius 1 is 0.837 bits per heavy atom. The lowest BCUT2D eigenvalue weighted by Crippen LogP contribution is -2.61. The number of carbonyl (C=O) groups is 1. The maximum Gasteiger partial charge on any atom is 0.229 e. The van der Waals surface area contributed by atoms with Crippen LogP contribution in [-0.2, 0) is 14.2 Å². The molecule has 3 aliphatic heterocycles. The number of fused-ring (bicyclic) bond motifs is 1. The van der Waals surface area contributed by atoms with Gasteiger partial charge in [-0.25, -0.2) is 0 Å². The molecule has 0 spiro atoms. The van der Waals surface area contributed by atoms with Crippen molar-refractivity contribution in [3.05, 3.63) is 41.5 Å². The number of rotatable bonds is 7. The molecule has 0 radical (unpaired) electrons. The topological polar surface area (TPSA) is 234 Å².